The van der Waals surface area contributed by atoms with Gasteiger partial charge in [0.05, 0.1) is 0 Å². The summed E-state index contributed by atoms with van der Waals surface area (Å²) in [6.45, 7) is 3.75. The molecule has 0 atom stereocenters. The van der Waals surface area contributed by atoms with Gasteiger partial charge in [-0.15, -0.1) is 0 Å². The number of nitrogen functional groups attached to an aromatic ring is 1. The summed E-state index contributed by atoms with van der Waals surface area (Å²) < 4.78 is 0. The third-order valence-electron chi connectivity index (χ3n) is 1.86. The average molecular weight is 210 g/mol. The highest BCUT2D eigenvalue weighted by atomic mass is 16.3. The topological polar surface area (TPSA) is 76.2 Å². The van der Waals surface area contributed by atoms with Crippen molar-refractivity contribution in [1.29, 1.82) is 0 Å². The summed E-state index contributed by atoms with van der Waals surface area (Å²) in [6.07, 6.45) is 4.53. The fraction of sp³-hybridized carbons (Fsp3) is 0.455. The largest absolute Gasteiger partial charge is 0.483 e. The quantitative estimate of drug-likeness (QED) is 0.697. The number of rotatable bonds is 1. The molecular weight excluding hydrogens is 192 g/mol. The maximum atomic E-state index is 8.36. The van der Waals surface area contributed by atoms with Crippen molar-refractivity contribution < 1.29 is 9.90 Å². The van der Waals surface area contributed by atoms with Crippen LogP contribution in [0.5, 0.6) is 0 Å². The van der Waals surface area contributed by atoms with Gasteiger partial charge in [0, 0.05) is 6.20 Å². The Hall–Kier alpha value is -1.58. The van der Waals surface area contributed by atoms with Gasteiger partial charge in [0.1, 0.15) is 5.82 Å². The van der Waals surface area contributed by atoms with E-state index in [1.165, 1.54) is 18.4 Å². The molecule has 1 saturated carbocycles. The Balaban J connectivity index is 0.000000342. The van der Waals surface area contributed by atoms with E-state index in [1.54, 1.807) is 0 Å². The number of hydrogen-bond acceptors (Lipinski definition) is 3. The van der Waals surface area contributed by atoms with E-state index in [9.17, 15) is 0 Å². The maximum absolute atomic E-state index is 8.36. The molecule has 1 heterocycles. The molecule has 1 aliphatic carbocycles. The zero-order chi connectivity index (χ0) is 11.7. The normalized spacial score (nSPS) is 12.7. The van der Waals surface area contributed by atoms with E-state index >= 15 is 0 Å². The predicted molar refractivity (Wildman–Crippen MR) is 60.7 cm³/mol. The van der Waals surface area contributed by atoms with Gasteiger partial charge < -0.3 is 10.8 Å². The van der Waals surface area contributed by atoms with Crippen LogP contribution in [0.4, 0.5) is 5.82 Å². The zero-order valence-corrected chi connectivity index (χ0v) is 9.18. The molecule has 0 aliphatic heterocycles. The predicted octanol–water partition coefficient (Wildman–Crippen LogP) is 2.27. The van der Waals surface area contributed by atoms with E-state index in [1.807, 2.05) is 26.1 Å². The van der Waals surface area contributed by atoms with Crippen molar-refractivity contribution >= 4 is 12.3 Å². The lowest BCUT2D eigenvalue weighted by molar-refractivity contribution is -0.122. The molecule has 0 bridgehead atoms. The Kier molecular flexibility index (Phi) is 6.97. The van der Waals surface area contributed by atoms with E-state index in [0.29, 0.717) is 5.82 Å². The second-order valence-corrected chi connectivity index (χ2v) is 2.90. The molecule has 1 aliphatic rings. The minimum Gasteiger partial charge on any atom is -0.483 e. The van der Waals surface area contributed by atoms with Gasteiger partial charge in [-0.2, -0.15) is 0 Å². The molecular formula is C11H18N2O2. The number of hydrogen-bond donors (Lipinski definition) is 2. The van der Waals surface area contributed by atoms with Gasteiger partial charge in [-0.05, 0) is 30.4 Å². The van der Waals surface area contributed by atoms with Crippen LogP contribution in [-0.4, -0.2) is 16.6 Å². The van der Waals surface area contributed by atoms with E-state index in [0.717, 1.165) is 5.92 Å². The first-order valence-corrected chi connectivity index (χ1v) is 5.07. The van der Waals surface area contributed by atoms with Crippen LogP contribution in [0.15, 0.2) is 18.3 Å². The van der Waals surface area contributed by atoms with Crippen molar-refractivity contribution in [2.45, 2.75) is 32.6 Å². The Morgan fingerprint density at radius 3 is 2.33 bits per heavy atom. The van der Waals surface area contributed by atoms with Crippen LogP contribution in [0, 0.1) is 0 Å². The molecule has 0 unspecified atom stereocenters. The van der Waals surface area contributed by atoms with Crippen LogP contribution >= 0.6 is 0 Å². The minimum atomic E-state index is -0.250. The molecule has 1 fully saturated rings. The van der Waals surface area contributed by atoms with Crippen LogP contribution in [0.3, 0.4) is 0 Å². The lowest BCUT2D eigenvalue weighted by atomic mass is 10.2. The lowest BCUT2D eigenvalue weighted by Gasteiger charge is -1.95. The standard InChI is InChI=1S/C8H10N2.C2H6.CH2O2/c9-8-4-3-7(5-10-8)6-1-2-6;1-2;2-1-3/h3-6H,1-2H2,(H2,9,10);1-2H3;1H,(H,2,3). The van der Waals surface area contributed by atoms with Crippen molar-refractivity contribution in [2.24, 2.45) is 0 Å². The first-order chi connectivity index (χ1) is 7.27. The molecule has 4 heteroatoms. The smallest absolute Gasteiger partial charge is 0.290 e. The Bertz CT molecular complexity index is 268. The fourth-order valence-corrected chi connectivity index (χ4v) is 1.07. The van der Waals surface area contributed by atoms with Crippen molar-refractivity contribution in [3.8, 4) is 0 Å². The van der Waals surface area contributed by atoms with Crippen LogP contribution in [0.2, 0.25) is 0 Å². The van der Waals surface area contributed by atoms with Crippen molar-refractivity contribution in [3.05, 3.63) is 23.9 Å². The van der Waals surface area contributed by atoms with Gasteiger partial charge in [-0.1, -0.05) is 19.9 Å². The van der Waals surface area contributed by atoms with Gasteiger partial charge in [-0.3, -0.25) is 4.79 Å². The van der Waals surface area contributed by atoms with Crippen molar-refractivity contribution in [1.82, 2.24) is 4.98 Å². The molecule has 0 amide bonds. The first kappa shape index (κ1) is 13.4. The van der Waals surface area contributed by atoms with Gasteiger partial charge in [0.2, 0.25) is 0 Å². The van der Waals surface area contributed by atoms with E-state index in [-0.39, 0.29) is 6.47 Å². The highest BCUT2D eigenvalue weighted by Crippen LogP contribution is 2.39. The number of carbonyl (C=O) groups is 1. The van der Waals surface area contributed by atoms with E-state index in [2.05, 4.69) is 11.1 Å². The second-order valence-electron chi connectivity index (χ2n) is 2.90. The SMILES string of the molecule is CC.Nc1ccc(C2CC2)cn1.O=CO. The van der Waals surface area contributed by atoms with Gasteiger partial charge in [0.15, 0.2) is 0 Å². The maximum Gasteiger partial charge on any atom is 0.290 e. The molecule has 84 valence electrons. The summed E-state index contributed by atoms with van der Waals surface area (Å²) >= 11 is 0. The van der Waals surface area contributed by atoms with Gasteiger partial charge in [-0.25, -0.2) is 4.98 Å². The van der Waals surface area contributed by atoms with E-state index < -0.39 is 0 Å². The molecule has 1 aromatic rings. The number of nitrogens with zero attached hydrogens (tertiary/aromatic N) is 1. The number of pyridine rings is 1. The summed E-state index contributed by atoms with van der Waals surface area (Å²) in [6, 6.07) is 3.94. The van der Waals surface area contributed by atoms with Gasteiger partial charge in [0.25, 0.3) is 6.47 Å². The third-order valence-corrected chi connectivity index (χ3v) is 1.86. The number of anilines is 1. The van der Waals surface area contributed by atoms with Gasteiger partial charge >= 0.3 is 0 Å². The molecule has 0 radical (unpaired) electrons. The summed E-state index contributed by atoms with van der Waals surface area (Å²) in [5, 5.41) is 6.89. The molecule has 0 saturated heterocycles. The summed E-state index contributed by atoms with van der Waals surface area (Å²) in [7, 11) is 0. The highest BCUT2D eigenvalue weighted by Gasteiger charge is 2.23. The molecule has 15 heavy (non-hydrogen) atoms. The van der Waals surface area contributed by atoms with Crippen LogP contribution in [0.25, 0.3) is 0 Å². The first-order valence-electron chi connectivity index (χ1n) is 5.07. The van der Waals surface area contributed by atoms with E-state index in [4.69, 9.17) is 15.6 Å². The highest BCUT2D eigenvalue weighted by molar-refractivity contribution is 5.32. The summed E-state index contributed by atoms with van der Waals surface area (Å²) in [4.78, 5) is 12.4. The molecule has 0 aromatic carbocycles. The van der Waals surface area contributed by atoms with Crippen LogP contribution in [0.1, 0.15) is 38.2 Å². The third kappa shape index (κ3) is 5.67. The van der Waals surface area contributed by atoms with Crippen molar-refractivity contribution in [3.63, 3.8) is 0 Å². The van der Waals surface area contributed by atoms with Crippen LogP contribution in [-0.2, 0) is 4.79 Å². The number of carboxylic acid groups (broad SMARTS) is 1. The molecule has 2 rings (SSSR count). The Labute approximate surface area is 90.1 Å². The number of nitrogens with two attached hydrogens (primary N) is 1. The zero-order valence-electron chi connectivity index (χ0n) is 9.18. The monoisotopic (exact) mass is 210 g/mol. The second kappa shape index (κ2) is 7.79. The molecule has 1 aromatic heterocycles. The minimum absolute atomic E-state index is 0.250. The summed E-state index contributed by atoms with van der Waals surface area (Å²) in [5.41, 5.74) is 6.78. The summed E-state index contributed by atoms with van der Waals surface area (Å²) in [5.74, 6) is 1.40. The number of aromatic nitrogens is 1. The lowest BCUT2D eigenvalue weighted by Crippen LogP contribution is -1.89. The molecule has 0 spiro atoms. The van der Waals surface area contributed by atoms with Crippen LogP contribution < -0.4 is 5.73 Å². The fourth-order valence-electron chi connectivity index (χ4n) is 1.07. The molecule has 3 N–H and O–H groups in total. The average Bonchev–Trinajstić information content (AvgIpc) is 3.07. The Morgan fingerprint density at radius 1 is 1.47 bits per heavy atom. The Morgan fingerprint density at radius 2 is 2.00 bits per heavy atom. The van der Waals surface area contributed by atoms with Crippen molar-refractivity contribution in [2.75, 3.05) is 5.73 Å². The molecule has 4 nitrogen and oxygen atoms in total.